The molecule has 0 atom stereocenters. The van der Waals surface area contributed by atoms with E-state index in [2.05, 4.69) is 11.8 Å². The van der Waals surface area contributed by atoms with Gasteiger partial charge in [0.05, 0.1) is 14.2 Å². The van der Waals surface area contributed by atoms with Crippen molar-refractivity contribution in [3.63, 3.8) is 0 Å². The van der Waals surface area contributed by atoms with Gasteiger partial charge < -0.3 is 14.4 Å². The van der Waals surface area contributed by atoms with Crippen molar-refractivity contribution in [3.8, 4) is 11.5 Å². The third-order valence-electron chi connectivity index (χ3n) is 4.62. The summed E-state index contributed by atoms with van der Waals surface area (Å²) in [6.07, 6.45) is 5.16. The van der Waals surface area contributed by atoms with Gasteiger partial charge in [-0.3, -0.25) is 9.69 Å². The summed E-state index contributed by atoms with van der Waals surface area (Å²) in [6.45, 7) is 6.90. The molecule has 0 spiro atoms. The molecule has 1 aliphatic rings. The first kappa shape index (κ1) is 18.6. The standard InChI is InChI=1S/C19H30N2O3/c1-4-5-6-7-10-20-11-13-21(14-12-20)19(22)16-8-9-17(23-2)18(15-16)24-3/h8-9,15H,4-7,10-14H2,1-3H3. The number of rotatable bonds is 8. The molecule has 24 heavy (non-hydrogen) atoms. The minimum atomic E-state index is 0.0709. The lowest BCUT2D eigenvalue weighted by Crippen LogP contribution is -2.48. The summed E-state index contributed by atoms with van der Waals surface area (Å²) in [6, 6.07) is 5.36. The molecule has 0 aliphatic carbocycles. The summed E-state index contributed by atoms with van der Waals surface area (Å²) >= 11 is 0. The second-order valence-electron chi connectivity index (χ2n) is 6.26. The molecule has 0 unspecified atom stereocenters. The summed E-state index contributed by atoms with van der Waals surface area (Å²) in [5.74, 6) is 1.31. The highest BCUT2D eigenvalue weighted by atomic mass is 16.5. The van der Waals surface area contributed by atoms with E-state index in [0.717, 1.165) is 32.7 Å². The zero-order valence-corrected chi connectivity index (χ0v) is 15.2. The van der Waals surface area contributed by atoms with Crippen molar-refractivity contribution in [1.29, 1.82) is 0 Å². The van der Waals surface area contributed by atoms with Gasteiger partial charge in [-0.25, -0.2) is 0 Å². The summed E-state index contributed by atoms with van der Waals surface area (Å²) in [7, 11) is 3.18. The van der Waals surface area contributed by atoms with Crippen LogP contribution in [0.4, 0.5) is 0 Å². The zero-order chi connectivity index (χ0) is 17.4. The number of ether oxygens (including phenoxy) is 2. The number of unbranched alkanes of at least 4 members (excludes halogenated alkanes) is 3. The van der Waals surface area contributed by atoms with E-state index in [1.54, 1.807) is 32.4 Å². The quantitative estimate of drug-likeness (QED) is 0.685. The fraction of sp³-hybridized carbons (Fsp3) is 0.632. The van der Waals surface area contributed by atoms with Crippen molar-refractivity contribution in [1.82, 2.24) is 9.80 Å². The van der Waals surface area contributed by atoms with Crippen LogP contribution in [0.2, 0.25) is 0 Å². The predicted molar refractivity (Wildman–Crippen MR) is 96.0 cm³/mol. The molecule has 134 valence electrons. The molecule has 1 aromatic rings. The van der Waals surface area contributed by atoms with E-state index < -0.39 is 0 Å². The molecule has 5 heteroatoms. The van der Waals surface area contributed by atoms with Gasteiger partial charge in [0, 0.05) is 31.7 Å². The lowest BCUT2D eigenvalue weighted by Gasteiger charge is -2.34. The summed E-state index contributed by atoms with van der Waals surface area (Å²) in [4.78, 5) is 17.1. The lowest BCUT2D eigenvalue weighted by atomic mass is 10.1. The first-order valence-electron chi connectivity index (χ1n) is 8.93. The Kier molecular flexibility index (Phi) is 7.37. The fourth-order valence-electron chi connectivity index (χ4n) is 3.09. The van der Waals surface area contributed by atoms with Crippen molar-refractivity contribution < 1.29 is 14.3 Å². The van der Waals surface area contributed by atoms with E-state index >= 15 is 0 Å². The van der Waals surface area contributed by atoms with Gasteiger partial charge in [0.25, 0.3) is 5.91 Å². The Bertz CT molecular complexity index is 525. The number of carbonyl (C=O) groups is 1. The van der Waals surface area contributed by atoms with Crippen LogP contribution in [0.3, 0.4) is 0 Å². The number of hydrogen-bond acceptors (Lipinski definition) is 4. The van der Waals surface area contributed by atoms with Crippen LogP contribution in [-0.2, 0) is 0 Å². The Labute approximate surface area is 145 Å². The molecule has 0 saturated carbocycles. The van der Waals surface area contributed by atoms with Crippen LogP contribution in [0.1, 0.15) is 43.0 Å². The Balaban J connectivity index is 1.86. The minimum absolute atomic E-state index is 0.0709. The highest BCUT2D eigenvalue weighted by Crippen LogP contribution is 2.28. The van der Waals surface area contributed by atoms with Crippen LogP contribution >= 0.6 is 0 Å². The average Bonchev–Trinajstić information content (AvgIpc) is 2.64. The molecule has 1 heterocycles. The Morgan fingerprint density at radius 2 is 1.71 bits per heavy atom. The number of carbonyl (C=O) groups excluding carboxylic acids is 1. The van der Waals surface area contributed by atoms with Crippen molar-refractivity contribution in [2.75, 3.05) is 46.9 Å². The fourth-order valence-corrected chi connectivity index (χ4v) is 3.09. The molecular weight excluding hydrogens is 304 g/mol. The second-order valence-corrected chi connectivity index (χ2v) is 6.26. The van der Waals surface area contributed by atoms with Crippen molar-refractivity contribution >= 4 is 5.91 Å². The van der Waals surface area contributed by atoms with Crippen LogP contribution in [0.25, 0.3) is 0 Å². The monoisotopic (exact) mass is 334 g/mol. The Morgan fingerprint density at radius 3 is 2.33 bits per heavy atom. The maximum Gasteiger partial charge on any atom is 0.254 e. The van der Waals surface area contributed by atoms with Gasteiger partial charge in [-0.2, -0.15) is 0 Å². The normalized spacial score (nSPS) is 15.4. The molecular formula is C19H30N2O3. The zero-order valence-electron chi connectivity index (χ0n) is 15.2. The number of nitrogens with zero attached hydrogens (tertiary/aromatic N) is 2. The molecule has 0 N–H and O–H groups in total. The largest absolute Gasteiger partial charge is 0.493 e. The van der Waals surface area contributed by atoms with E-state index in [1.807, 2.05) is 4.90 Å². The second kappa shape index (κ2) is 9.52. The number of amides is 1. The van der Waals surface area contributed by atoms with Crippen LogP contribution in [0, 0.1) is 0 Å². The highest BCUT2D eigenvalue weighted by Gasteiger charge is 2.22. The Morgan fingerprint density at radius 1 is 1.00 bits per heavy atom. The molecule has 1 aliphatic heterocycles. The van der Waals surface area contributed by atoms with E-state index in [4.69, 9.17) is 9.47 Å². The minimum Gasteiger partial charge on any atom is -0.493 e. The molecule has 1 saturated heterocycles. The molecule has 2 rings (SSSR count). The molecule has 1 fully saturated rings. The van der Waals surface area contributed by atoms with Gasteiger partial charge in [0.15, 0.2) is 11.5 Å². The number of benzene rings is 1. The molecule has 1 aromatic carbocycles. The average molecular weight is 334 g/mol. The van der Waals surface area contributed by atoms with E-state index in [0.29, 0.717) is 17.1 Å². The van der Waals surface area contributed by atoms with E-state index in [1.165, 1.54) is 25.7 Å². The predicted octanol–water partition coefficient (Wildman–Crippen LogP) is 3.04. The molecule has 5 nitrogen and oxygen atoms in total. The van der Waals surface area contributed by atoms with E-state index in [-0.39, 0.29) is 5.91 Å². The van der Waals surface area contributed by atoms with Crippen molar-refractivity contribution in [2.24, 2.45) is 0 Å². The van der Waals surface area contributed by atoms with Crippen LogP contribution in [0.15, 0.2) is 18.2 Å². The maximum absolute atomic E-state index is 12.7. The molecule has 0 radical (unpaired) electrons. The van der Waals surface area contributed by atoms with Crippen LogP contribution in [-0.4, -0.2) is 62.7 Å². The number of methoxy groups -OCH3 is 2. The summed E-state index contributed by atoms with van der Waals surface area (Å²) in [5.41, 5.74) is 0.657. The lowest BCUT2D eigenvalue weighted by molar-refractivity contribution is 0.0635. The van der Waals surface area contributed by atoms with Gasteiger partial charge >= 0.3 is 0 Å². The molecule has 1 amide bonds. The topological polar surface area (TPSA) is 42.0 Å². The first-order valence-corrected chi connectivity index (χ1v) is 8.93. The highest BCUT2D eigenvalue weighted by molar-refractivity contribution is 5.95. The Hall–Kier alpha value is -1.75. The van der Waals surface area contributed by atoms with Crippen molar-refractivity contribution in [2.45, 2.75) is 32.6 Å². The van der Waals surface area contributed by atoms with Gasteiger partial charge in [0.2, 0.25) is 0 Å². The van der Waals surface area contributed by atoms with Gasteiger partial charge in [-0.15, -0.1) is 0 Å². The van der Waals surface area contributed by atoms with Crippen LogP contribution in [0.5, 0.6) is 11.5 Å². The smallest absolute Gasteiger partial charge is 0.254 e. The van der Waals surface area contributed by atoms with Gasteiger partial charge in [-0.05, 0) is 31.2 Å². The van der Waals surface area contributed by atoms with Gasteiger partial charge in [-0.1, -0.05) is 26.2 Å². The molecule has 0 bridgehead atoms. The summed E-state index contributed by atoms with van der Waals surface area (Å²) in [5, 5.41) is 0. The van der Waals surface area contributed by atoms with Crippen molar-refractivity contribution in [3.05, 3.63) is 23.8 Å². The summed E-state index contributed by atoms with van der Waals surface area (Å²) < 4.78 is 10.5. The third kappa shape index (κ3) is 4.87. The SMILES string of the molecule is CCCCCCN1CCN(C(=O)c2ccc(OC)c(OC)c2)CC1. The first-order chi connectivity index (χ1) is 11.7. The van der Waals surface area contributed by atoms with Gasteiger partial charge in [0.1, 0.15) is 0 Å². The third-order valence-corrected chi connectivity index (χ3v) is 4.62. The molecule has 0 aromatic heterocycles. The van der Waals surface area contributed by atoms with Crippen LogP contribution < -0.4 is 9.47 Å². The van der Waals surface area contributed by atoms with E-state index in [9.17, 15) is 4.79 Å². The number of piperazine rings is 1. The maximum atomic E-state index is 12.7. The number of hydrogen-bond donors (Lipinski definition) is 0.